The van der Waals surface area contributed by atoms with Crippen LogP contribution in [-0.4, -0.2) is 45.0 Å². The lowest BCUT2D eigenvalue weighted by Crippen LogP contribution is -2.48. The molecule has 0 radical (unpaired) electrons. The zero-order chi connectivity index (χ0) is 13.9. The summed E-state index contributed by atoms with van der Waals surface area (Å²) in [7, 11) is 0. The van der Waals surface area contributed by atoms with Crippen LogP contribution in [0.1, 0.15) is 33.1 Å². The molecule has 0 amide bonds. The quantitative estimate of drug-likeness (QED) is 0.208. The summed E-state index contributed by atoms with van der Waals surface area (Å²) in [6, 6.07) is 0.352. The summed E-state index contributed by atoms with van der Waals surface area (Å²) < 4.78 is 10.6. The number of nitrogens with zero attached hydrogens (tertiary/aromatic N) is 1. The maximum atomic E-state index is 5.49. The first-order chi connectivity index (χ1) is 9.27. The average Bonchev–Trinajstić information content (AvgIpc) is 2.46. The zero-order valence-corrected chi connectivity index (χ0v) is 12.2. The predicted octanol–water partition coefficient (Wildman–Crippen LogP) is 0.637. The van der Waals surface area contributed by atoms with Gasteiger partial charge in [0.1, 0.15) is 0 Å². The van der Waals surface area contributed by atoms with Crippen molar-refractivity contribution in [2.24, 2.45) is 16.8 Å². The van der Waals surface area contributed by atoms with Crippen LogP contribution >= 0.6 is 0 Å². The molecule has 19 heavy (non-hydrogen) atoms. The second kappa shape index (κ2) is 10.00. The lowest BCUT2D eigenvalue weighted by atomic mass is 9.93. The van der Waals surface area contributed by atoms with Crippen LogP contribution in [0.5, 0.6) is 0 Å². The Balaban J connectivity index is 2.27. The minimum absolute atomic E-state index is 0.352. The monoisotopic (exact) mass is 272 g/mol. The molecule has 1 aliphatic rings. The van der Waals surface area contributed by atoms with E-state index in [4.69, 9.17) is 15.3 Å². The molecule has 0 saturated carbocycles. The van der Waals surface area contributed by atoms with Gasteiger partial charge in [0.15, 0.2) is 0 Å². The van der Waals surface area contributed by atoms with Gasteiger partial charge >= 0.3 is 0 Å². The van der Waals surface area contributed by atoms with Crippen LogP contribution < -0.4 is 16.6 Å². The molecule has 1 aliphatic heterocycles. The molecule has 0 aliphatic carbocycles. The Bertz CT molecular complexity index is 255. The van der Waals surface area contributed by atoms with Gasteiger partial charge in [-0.15, -0.1) is 0 Å². The highest BCUT2D eigenvalue weighted by molar-refractivity contribution is 5.79. The van der Waals surface area contributed by atoms with Gasteiger partial charge in [0, 0.05) is 39.0 Å². The third kappa shape index (κ3) is 6.75. The maximum absolute atomic E-state index is 5.49. The standard InChI is InChI=1S/C13H28N4O2/c1-3-18-8-4-7-15-13(17-14)16-11(2)12-5-9-19-10-6-12/h11-12H,3-10,14H2,1-2H3,(H2,15,16,17). The molecule has 1 unspecified atom stereocenters. The first-order valence-electron chi connectivity index (χ1n) is 7.21. The molecule has 0 spiro atoms. The number of hydrogen-bond acceptors (Lipinski definition) is 4. The summed E-state index contributed by atoms with van der Waals surface area (Å²) in [6.07, 6.45) is 3.10. The minimum Gasteiger partial charge on any atom is -0.382 e. The Labute approximate surface area is 116 Å². The Morgan fingerprint density at radius 3 is 2.84 bits per heavy atom. The van der Waals surface area contributed by atoms with Crippen LogP contribution in [-0.2, 0) is 9.47 Å². The molecule has 0 aromatic carbocycles. The number of hydrazine groups is 1. The molecular weight excluding hydrogens is 244 g/mol. The fourth-order valence-electron chi connectivity index (χ4n) is 2.18. The Morgan fingerprint density at radius 2 is 2.21 bits per heavy atom. The molecule has 1 atom stereocenters. The van der Waals surface area contributed by atoms with Crippen molar-refractivity contribution >= 4 is 5.96 Å². The first-order valence-corrected chi connectivity index (χ1v) is 7.21. The van der Waals surface area contributed by atoms with E-state index in [-0.39, 0.29) is 0 Å². The van der Waals surface area contributed by atoms with Gasteiger partial charge in [-0.25, -0.2) is 5.84 Å². The molecule has 1 saturated heterocycles. The second-order valence-corrected chi connectivity index (χ2v) is 4.81. The topological polar surface area (TPSA) is 80.9 Å². The van der Waals surface area contributed by atoms with Crippen molar-refractivity contribution < 1.29 is 9.47 Å². The van der Waals surface area contributed by atoms with Crippen LogP contribution in [0.2, 0.25) is 0 Å². The summed E-state index contributed by atoms with van der Waals surface area (Å²) in [5.41, 5.74) is 2.63. The normalized spacial score (nSPS) is 19.2. The SMILES string of the molecule is CCOCCCN=C(NN)NC(C)C1CCOCC1. The van der Waals surface area contributed by atoms with E-state index in [0.29, 0.717) is 24.5 Å². The van der Waals surface area contributed by atoms with Crippen molar-refractivity contribution in [3.63, 3.8) is 0 Å². The van der Waals surface area contributed by atoms with Crippen molar-refractivity contribution in [1.82, 2.24) is 10.7 Å². The van der Waals surface area contributed by atoms with E-state index in [1.807, 2.05) is 6.92 Å². The van der Waals surface area contributed by atoms with Crippen molar-refractivity contribution in [2.75, 3.05) is 33.0 Å². The lowest BCUT2D eigenvalue weighted by molar-refractivity contribution is 0.0581. The number of rotatable bonds is 7. The van der Waals surface area contributed by atoms with E-state index in [0.717, 1.165) is 45.7 Å². The third-order valence-electron chi connectivity index (χ3n) is 3.40. The molecule has 0 aromatic heterocycles. The summed E-state index contributed by atoms with van der Waals surface area (Å²) >= 11 is 0. The third-order valence-corrected chi connectivity index (χ3v) is 3.40. The van der Waals surface area contributed by atoms with Crippen molar-refractivity contribution in [1.29, 1.82) is 0 Å². The van der Waals surface area contributed by atoms with Gasteiger partial charge in [-0.3, -0.25) is 10.4 Å². The highest BCUT2D eigenvalue weighted by Crippen LogP contribution is 2.18. The van der Waals surface area contributed by atoms with E-state index in [9.17, 15) is 0 Å². The van der Waals surface area contributed by atoms with Gasteiger partial charge in [-0.2, -0.15) is 0 Å². The van der Waals surface area contributed by atoms with Gasteiger partial charge < -0.3 is 14.8 Å². The van der Waals surface area contributed by atoms with E-state index in [2.05, 4.69) is 22.7 Å². The predicted molar refractivity (Wildman–Crippen MR) is 76.9 cm³/mol. The van der Waals surface area contributed by atoms with Gasteiger partial charge in [0.2, 0.25) is 5.96 Å². The maximum Gasteiger partial charge on any atom is 0.205 e. The average molecular weight is 272 g/mol. The van der Waals surface area contributed by atoms with Gasteiger partial charge in [-0.05, 0) is 39.0 Å². The smallest absolute Gasteiger partial charge is 0.205 e. The van der Waals surface area contributed by atoms with Gasteiger partial charge in [-0.1, -0.05) is 0 Å². The lowest BCUT2D eigenvalue weighted by Gasteiger charge is -2.29. The Kier molecular flexibility index (Phi) is 8.53. The fourth-order valence-corrected chi connectivity index (χ4v) is 2.18. The molecule has 6 nitrogen and oxygen atoms in total. The van der Waals surface area contributed by atoms with Crippen molar-refractivity contribution in [3.8, 4) is 0 Å². The summed E-state index contributed by atoms with van der Waals surface area (Å²) in [6.45, 7) is 8.09. The highest BCUT2D eigenvalue weighted by atomic mass is 16.5. The first kappa shape index (κ1) is 16.2. The molecule has 0 aromatic rings. The number of nitrogens with two attached hydrogens (primary N) is 1. The van der Waals surface area contributed by atoms with Crippen molar-refractivity contribution in [2.45, 2.75) is 39.2 Å². The number of nitrogens with one attached hydrogen (secondary N) is 2. The summed E-state index contributed by atoms with van der Waals surface area (Å²) in [4.78, 5) is 4.41. The molecule has 6 heteroatoms. The molecule has 1 fully saturated rings. The number of hydrogen-bond donors (Lipinski definition) is 3. The van der Waals surface area contributed by atoms with E-state index >= 15 is 0 Å². The molecular formula is C13H28N4O2. The second-order valence-electron chi connectivity index (χ2n) is 4.81. The fraction of sp³-hybridized carbons (Fsp3) is 0.923. The van der Waals surface area contributed by atoms with Gasteiger partial charge in [0.25, 0.3) is 0 Å². The van der Waals surface area contributed by atoms with Crippen LogP contribution in [0.3, 0.4) is 0 Å². The Hall–Kier alpha value is -0.850. The minimum atomic E-state index is 0.352. The molecule has 4 N–H and O–H groups in total. The number of guanidine groups is 1. The summed E-state index contributed by atoms with van der Waals surface area (Å²) in [5, 5.41) is 3.34. The molecule has 1 rings (SSSR count). The van der Waals surface area contributed by atoms with E-state index < -0.39 is 0 Å². The highest BCUT2D eigenvalue weighted by Gasteiger charge is 2.20. The van der Waals surface area contributed by atoms with Crippen LogP contribution in [0.25, 0.3) is 0 Å². The molecule has 112 valence electrons. The van der Waals surface area contributed by atoms with Gasteiger partial charge in [0.05, 0.1) is 0 Å². The van der Waals surface area contributed by atoms with Crippen LogP contribution in [0.4, 0.5) is 0 Å². The van der Waals surface area contributed by atoms with Crippen LogP contribution in [0, 0.1) is 5.92 Å². The zero-order valence-electron chi connectivity index (χ0n) is 12.2. The Morgan fingerprint density at radius 1 is 1.47 bits per heavy atom. The number of ether oxygens (including phenoxy) is 2. The summed E-state index contributed by atoms with van der Waals surface area (Å²) in [5.74, 6) is 6.78. The van der Waals surface area contributed by atoms with Crippen molar-refractivity contribution in [3.05, 3.63) is 0 Å². The van der Waals surface area contributed by atoms with E-state index in [1.54, 1.807) is 0 Å². The molecule has 1 heterocycles. The largest absolute Gasteiger partial charge is 0.382 e. The van der Waals surface area contributed by atoms with E-state index in [1.165, 1.54) is 0 Å². The number of aliphatic imine (C=N–C) groups is 1. The molecule has 0 bridgehead atoms. The van der Waals surface area contributed by atoms with Crippen LogP contribution in [0.15, 0.2) is 4.99 Å².